The first-order chi connectivity index (χ1) is 15.4. The van der Waals surface area contributed by atoms with E-state index >= 15 is 0 Å². The van der Waals surface area contributed by atoms with Crippen LogP contribution in [0, 0.1) is 24.2 Å². The second-order valence-corrected chi connectivity index (χ2v) is 9.51. The van der Waals surface area contributed by atoms with Gasteiger partial charge >= 0.3 is 0 Å². The molecular weight excluding hydrogens is 390 g/mol. The van der Waals surface area contributed by atoms with Crippen molar-refractivity contribution >= 4 is 0 Å². The van der Waals surface area contributed by atoms with E-state index in [1.54, 1.807) is 0 Å². The minimum atomic E-state index is -0.278. The van der Waals surface area contributed by atoms with E-state index in [9.17, 15) is 5.26 Å². The lowest BCUT2D eigenvalue weighted by Crippen LogP contribution is -2.40. The minimum Gasteiger partial charge on any atom is -0.372 e. The van der Waals surface area contributed by atoms with Crippen molar-refractivity contribution in [3.05, 3.63) is 83.6 Å². The zero-order valence-corrected chi connectivity index (χ0v) is 19.9. The molecule has 1 fully saturated rings. The summed E-state index contributed by atoms with van der Waals surface area (Å²) in [5, 5.41) is 16.7. The number of benzene rings is 2. The molecule has 0 spiro atoms. The van der Waals surface area contributed by atoms with E-state index in [4.69, 9.17) is 0 Å². The van der Waals surface area contributed by atoms with Gasteiger partial charge in [0, 0.05) is 18.2 Å². The Hall–Kier alpha value is -2.83. The molecule has 2 aromatic rings. The summed E-state index contributed by atoms with van der Waals surface area (Å²) in [6.07, 6.45) is 5.06. The largest absolute Gasteiger partial charge is 0.372 e. The molecule has 32 heavy (non-hydrogen) atoms. The Morgan fingerprint density at radius 1 is 1.12 bits per heavy atom. The first-order valence-electron chi connectivity index (χ1n) is 11.8. The molecule has 0 radical (unpaired) electrons. The lowest BCUT2D eigenvalue weighted by Gasteiger charge is -2.23. The molecular formula is C29H37N3. The lowest BCUT2D eigenvalue weighted by atomic mass is 9.95. The highest BCUT2D eigenvalue weighted by molar-refractivity contribution is 5.65. The van der Waals surface area contributed by atoms with Crippen molar-refractivity contribution in [3.8, 4) is 17.2 Å². The van der Waals surface area contributed by atoms with Crippen LogP contribution in [0.4, 0.5) is 0 Å². The average molecular weight is 428 g/mol. The van der Waals surface area contributed by atoms with Gasteiger partial charge in [0.2, 0.25) is 0 Å². The molecule has 3 nitrogen and oxygen atoms in total. The highest BCUT2D eigenvalue weighted by Crippen LogP contribution is 2.24. The summed E-state index contributed by atoms with van der Waals surface area (Å²) in [6, 6.07) is 17.6. The quantitative estimate of drug-likeness (QED) is 0.501. The third-order valence-electron chi connectivity index (χ3n) is 6.47. The second kappa shape index (κ2) is 11.2. The molecule has 0 bridgehead atoms. The summed E-state index contributed by atoms with van der Waals surface area (Å²) in [7, 11) is 0. The van der Waals surface area contributed by atoms with E-state index in [-0.39, 0.29) is 12.1 Å². The maximum absolute atomic E-state index is 9.70. The van der Waals surface area contributed by atoms with Crippen molar-refractivity contribution in [2.45, 2.75) is 65.0 Å². The fraction of sp³-hybridized carbons (Fsp3) is 0.414. The highest BCUT2D eigenvalue weighted by atomic mass is 15.0. The van der Waals surface area contributed by atoms with Crippen LogP contribution in [0.25, 0.3) is 11.1 Å². The number of hydrogen-bond acceptors (Lipinski definition) is 3. The van der Waals surface area contributed by atoms with Crippen LogP contribution in [0.3, 0.4) is 0 Å². The van der Waals surface area contributed by atoms with E-state index in [1.165, 1.54) is 40.7 Å². The highest BCUT2D eigenvalue weighted by Gasteiger charge is 2.20. The molecule has 0 aromatic heterocycles. The van der Waals surface area contributed by atoms with E-state index in [0.29, 0.717) is 6.42 Å². The van der Waals surface area contributed by atoms with Gasteiger partial charge in [0.1, 0.15) is 6.04 Å². The zero-order chi connectivity index (χ0) is 23.1. The standard InChI is InChI=1S/C29H37N3/c1-20(2)16-26-11-12-27(17-22(26)4)25-9-7-24(8-10-25)18-28(19-30)32-23(5)29-13-6-21(3)14-15-31-29/h7-12,17,21,28-29,31-32H,1,5-6,13-16,18H2,2-4H3. The van der Waals surface area contributed by atoms with Gasteiger partial charge in [0.05, 0.1) is 6.07 Å². The Morgan fingerprint density at radius 3 is 2.50 bits per heavy atom. The van der Waals surface area contributed by atoms with Crippen molar-refractivity contribution < 1.29 is 0 Å². The van der Waals surface area contributed by atoms with Crippen LogP contribution in [-0.2, 0) is 12.8 Å². The number of allylic oxidation sites excluding steroid dienone is 1. The first kappa shape index (κ1) is 23.8. The summed E-state index contributed by atoms with van der Waals surface area (Å²) in [5.41, 5.74) is 8.31. The SMILES string of the molecule is C=C(C)Cc1ccc(-c2ccc(CC(C#N)NC(=C)C3CCC(C)CCN3)cc2)cc1C. The molecule has 1 aliphatic rings. The molecule has 0 saturated carbocycles. The van der Waals surface area contributed by atoms with Gasteiger partial charge in [-0.1, -0.05) is 68.1 Å². The van der Waals surface area contributed by atoms with Crippen LogP contribution in [0.5, 0.6) is 0 Å². The monoisotopic (exact) mass is 427 g/mol. The predicted molar refractivity (Wildman–Crippen MR) is 135 cm³/mol. The van der Waals surface area contributed by atoms with Gasteiger partial charge in [-0.25, -0.2) is 0 Å². The number of rotatable bonds is 8. The van der Waals surface area contributed by atoms with Crippen LogP contribution >= 0.6 is 0 Å². The molecule has 0 amide bonds. The number of nitrogens with zero attached hydrogens (tertiary/aromatic N) is 1. The summed E-state index contributed by atoms with van der Waals surface area (Å²) in [4.78, 5) is 0. The Morgan fingerprint density at radius 2 is 1.84 bits per heavy atom. The van der Waals surface area contributed by atoms with Crippen molar-refractivity contribution in [1.29, 1.82) is 5.26 Å². The van der Waals surface area contributed by atoms with Gasteiger partial charge in [-0.2, -0.15) is 5.26 Å². The molecule has 3 atom stereocenters. The Labute approximate surface area is 194 Å². The number of nitrogens with one attached hydrogen (secondary N) is 2. The van der Waals surface area contributed by atoms with E-state index in [0.717, 1.165) is 36.6 Å². The second-order valence-electron chi connectivity index (χ2n) is 9.51. The van der Waals surface area contributed by atoms with Crippen molar-refractivity contribution in [1.82, 2.24) is 10.6 Å². The number of aryl methyl sites for hydroxylation is 1. The van der Waals surface area contributed by atoms with Crippen molar-refractivity contribution in [2.75, 3.05) is 6.54 Å². The van der Waals surface area contributed by atoms with Crippen molar-refractivity contribution in [3.63, 3.8) is 0 Å². The maximum Gasteiger partial charge on any atom is 0.118 e. The normalized spacial score (nSPS) is 19.4. The van der Waals surface area contributed by atoms with E-state index in [1.807, 2.05) is 0 Å². The molecule has 0 aliphatic carbocycles. The molecule has 1 aliphatic heterocycles. The summed E-state index contributed by atoms with van der Waals surface area (Å²) >= 11 is 0. The van der Waals surface area contributed by atoms with Crippen molar-refractivity contribution in [2.24, 2.45) is 5.92 Å². The Kier molecular flexibility index (Phi) is 8.31. The fourth-order valence-electron chi connectivity index (χ4n) is 4.42. The molecule has 1 heterocycles. The van der Waals surface area contributed by atoms with Gasteiger partial charge in [-0.15, -0.1) is 0 Å². The molecule has 3 rings (SSSR count). The lowest BCUT2D eigenvalue weighted by molar-refractivity contribution is 0.498. The predicted octanol–water partition coefficient (Wildman–Crippen LogP) is 6.10. The van der Waals surface area contributed by atoms with E-state index in [2.05, 4.69) is 93.1 Å². The molecule has 3 heteroatoms. The summed E-state index contributed by atoms with van der Waals surface area (Å²) < 4.78 is 0. The fourth-order valence-corrected chi connectivity index (χ4v) is 4.42. The molecule has 3 unspecified atom stereocenters. The summed E-state index contributed by atoms with van der Waals surface area (Å²) in [5.74, 6) is 0.747. The average Bonchev–Trinajstić information content (AvgIpc) is 2.99. The number of nitriles is 1. The molecule has 168 valence electrons. The summed E-state index contributed by atoms with van der Waals surface area (Å²) in [6.45, 7) is 15.8. The third kappa shape index (κ3) is 6.58. The van der Waals surface area contributed by atoms with Crippen LogP contribution in [0.2, 0.25) is 0 Å². The molecule has 1 saturated heterocycles. The van der Waals surface area contributed by atoms with E-state index < -0.39 is 0 Å². The van der Waals surface area contributed by atoms with Gasteiger partial charge in [0.25, 0.3) is 0 Å². The molecule has 2 aromatic carbocycles. The van der Waals surface area contributed by atoms with Crippen LogP contribution in [0.15, 0.2) is 66.9 Å². The third-order valence-corrected chi connectivity index (χ3v) is 6.47. The number of hydrogen-bond donors (Lipinski definition) is 2. The topological polar surface area (TPSA) is 47.9 Å². The first-order valence-corrected chi connectivity index (χ1v) is 11.8. The van der Waals surface area contributed by atoms with Gasteiger partial charge in [-0.3, -0.25) is 0 Å². The smallest absolute Gasteiger partial charge is 0.118 e. The van der Waals surface area contributed by atoms with Gasteiger partial charge in [-0.05, 0) is 79.8 Å². The molecule has 2 N–H and O–H groups in total. The zero-order valence-electron chi connectivity index (χ0n) is 19.9. The van der Waals surface area contributed by atoms with Gasteiger partial charge in [0.15, 0.2) is 0 Å². The van der Waals surface area contributed by atoms with Gasteiger partial charge < -0.3 is 10.6 Å². The van der Waals surface area contributed by atoms with Crippen LogP contribution in [0.1, 0.15) is 49.8 Å². The Balaban J connectivity index is 1.61. The minimum absolute atomic E-state index is 0.245. The van der Waals surface area contributed by atoms with Crippen LogP contribution < -0.4 is 10.6 Å². The maximum atomic E-state index is 9.70. The van der Waals surface area contributed by atoms with Crippen LogP contribution in [-0.4, -0.2) is 18.6 Å². The Bertz CT molecular complexity index is 980.